The lowest BCUT2D eigenvalue weighted by molar-refractivity contribution is -0.0233. The molecule has 2 heteroatoms. The fourth-order valence-electron chi connectivity index (χ4n) is 2.30. The van der Waals surface area contributed by atoms with Crippen LogP contribution in [0.1, 0.15) is 39.2 Å². The van der Waals surface area contributed by atoms with Crippen LogP contribution >= 0.6 is 0 Å². The molecule has 1 aliphatic rings. The summed E-state index contributed by atoms with van der Waals surface area (Å²) in [6.07, 6.45) is 2.22. The molecule has 1 saturated heterocycles. The molecule has 2 nitrogen and oxygen atoms in total. The third-order valence-electron chi connectivity index (χ3n) is 4.09. The minimum Gasteiger partial charge on any atom is -0.369 e. The Hall–Kier alpha value is -0.860. The van der Waals surface area contributed by atoms with E-state index in [4.69, 9.17) is 4.74 Å². The van der Waals surface area contributed by atoms with Crippen molar-refractivity contribution in [2.45, 2.75) is 44.8 Å². The highest BCUT2D eigenvalue weighted by atomic mass is 16.5. The van der Waals surface area contributed by atoms with Gasteiger partial charge in [-0.05, 0) is 32.3 Å². The standard InChI is InChI=1S/C15H23NO/c1-4-14(2)10-11-17-15(3,12-16-14)13-8-6-5-7-9-13/h5-9,16H,4,10-12H2,1-3H3. The van der Waals surface area contributed by atoms with Crippen molar-refractivity contribution in [1.82, 2.24) is 5.32 Å². The molecule has 17 heavy (non-hydrogen) atoms. The minimum absolute atomic E-state index is 0.200. The zero-order valence-electron chi connectivity index (χ0n) is 11.1. The second kappa shape index (κ2) is 4.79. The van der Waals surface area contributed by atoms with Crippen molar-refractivity contribution in [3.63, 3.8) is 0 Å². The Kier molecular flexibility index (Phi) is 3.55. The minimum atomic E-state index is -0.200. The molecule has 1 aliphatic heterocycles. The predicted molar refractivity (Wildman–Crippen MR) is 71.1 cm³/mol. The molecular formula is C15H23NO. The number of hydrogen-bond donors (Lipinski definition) is 1. The van der Waals surface area contributed by atoms with Crippen LogP contribution in [0.5, 0.6) is 0 Å². The van der Waals surface area contributed by atoms with Crippen LogP contribution in [0.25, 0.3) is 0 Å². The van der Waals surface area contributed by atoms with Crippen LogP contribution in [-0.4, -0.2) is 18.7 Å². The first-order valence-electron chi connectivity index (χ1n) is 6.52. The zero-order chi connectivity index (χ0) is 12.4. The van der Waals surface area contributed by atoms with Crippen molar-refractivity contribution < 1.29 is 4.74 Å². The van der Waals surface area contributed by atoms with Gasteiger partial charge in [-0.3, -0.25) is 0 Å². The molecule has 0 bridgehead atoms. The summed E-state index contributed by atoms with van der Waals surface area (Å²) in [5, 5.41) is 3.67. The van der Waals surface area contributed by atoms with Crippen molar-refractivity contribution in [1.29, 1.82) is 0 Å². The van der Waals surface area contributed by atoms with Crippen molar-refractivity contribution in [3.8, 4) is 0 Å². The molecule has 1 fully saturated rings. The summed E-state index contributed by atoms with van der Waals surface area (Å²) >= 11 is 0. The number of ether oxygens (including phenoxy) is 1. The fourth-order valence-corrected chi connectivity index (χ4v) is 2.30. The van der Waals surface area contributed by atoms with Crippen LogP contribution in [0.15, 0.2) is 30.3 Å². The summed E-state index contributed by atoms with van der Waals surface area (Å²) in [7, 11) is 0. The molecule has 2 atom stereocenters. The molecule has 0 amide bonds. The molecule has 2 rings (SSSR count). The Morgan fingerprint density at radius 1 is 1.24 bits per heavy atom. The molecule has 1 aromatic carbocycles. The van der Waals surface area contributed by atoms with Gasteiger partial charge in [0.15, 0.2) is 0 Å². The van der Waals surface area contributed by atoms with Crippen LogP contribution in [0.4, 0.5) is 0 Å². The maximum absolute atomic E-state index is 6.11. The van der Waals surface area contributed by atoms with E-state index in [1.54, 1.807) is 0 Å². The molecule has 0 saturated carbocycles. The van der Waals surface area contributed by atoms with Gasteiger partial charge in [0, 0.05) is 18.7 Å². The smallest absolute Gasteiger partial charge is 0.103 e. The molecular weight excluding hydrogens is 210 g/mol. The van der Waals surface area contributed by atoms with E-state index in [-0.39, 0.29) is 11.1 Å². The van der Waals surface area contributed by atoms with Crippen LogP contribution in [-0.2, 0) is 10.3 Å². The second-order valence-corrected chi connectivity index (χ2v) is 5.46. The molecule has 0 radical (unpaired) electrons. The van der Waals surface area contributed by atoms with E-state index in [1.165, 1.54) is 5.56 Å². The molecule has 0 aromatic heterocycles. The van der Waals surface area contributed by atoms with E-state index in [1.807, 2.05) is 6.07 Å². The van der Waals surface area contributed by atoms with Gasteiger partial charge in [0.25, 0.3) is 0 Å². The summed E-state index contributed by atoms with van der Waals surface area (Å²) in [6.45, 7) is 8.39. The Morgan fingerprint density at radius 2 is 1.94 bits per heavy atom. The Labute approximate surface area is 104 Å². The van der Waals surface area contributed by atoms with Gasteiger partial charge < -0.3 is 10.1 Å². The summed E-state index contributed by atoms with van der Waals surface area (Å²) in [4.78, 5) is 0. The predicted octanol–water partition coefficient (Wildman–Crippen LogP) is 3.08. The average Bonchev–Trinajstić information content (AvgIpc) is 2.52. The van der Waals surface area contributed by atoms with E-state index >= 15 is 0 Å². The molecule has 1 heterocycles. The molecule has 0 spiro atoms. The van der Waals surface area contributed by atoms with E-state index in [0.717, 1.165) is 26.0 Å². The van der Waals surface area contributed by atoms with Crippen LogP contribution in [0.2, 0.25) is 0 Å². The summed E-state index contributed by atoms with van der Waals surface area (Å²) in [5.41, 5.74) is 1.27. The van der Waals surface area contributed by atoms with E-state index in [2.05, 4.69) is 50.4 Å². The second-order valence-electron chi connectivity index (χ2n) is 5.46. The molecule has 2 unspecified atom stereocenters. The van der Waals surface area contributed by atoms with Crippen molar-refractivity contribution in [3.05, 3.63) is 35.9 Å². The van der Waals surface area contributed by atoms with Gasteiger partial charge in [-0.15, -0.1) is 0 Å². The largest absolute Gasteiger partial charge is 0.369 e. The summed E-state index contributed by atoms with van der Waals surface area (Å²) in [6, 6.07) is 10.5. The number of benzene rings is 1. The molecule has 94 valence electrons. The zero-order valence-corrected chi connectivity index (χ0v) is 11.1. The fraction of sp³-hybridized carbons (Fsp3) is 0.600. The number of nitrogens with one attached hydrogen (secondary N) is 1. The van der Waals surface area contributed by atoms with Crippen molar-refractivity contribution in [2.24, 2.45) is 0 Å². The molecule has 1 N–H and O–H groups in total. The lowest BCUT2D eigenvalue weighted by Crippen LogP contribution is -2.45. The third-order valence-corrected chi connectivity index (χ3v) is 4.09. The van der Waals surface area contributed by atoms with Crippen LogP contribution < -0.4 is 5.32 Å². The lowest BCUT2D eigenvalue weighted by Gasteiger charge is -2.31. The highest BCUT2D eigenvalue weighted by Gasteiger charge is 2.34. The van der Waals surface area contributed by atoms with Gasteiger partial charge in [0.05, 0.1) is 0 Å². The van der Waals surface area contributed by atoms with Gasteiger partial charge in [-0.1, -0.05) is 37.3 Å². The topological polar surface area (TPSA) is 21.3 Å². The quantitative estimate of drug-likeness (QED) is 0.847. The lowest BCUT2D eigenvalue weighted by atomic mass is 9.93. The van der Waals surface area contributed by atoms with Gasteiger partial charge >= 0.3 is 0 Å². The van der Waals surface area contributed by atoms with Crippen LogP contribution in [0.3, 0.4) is 0 Å². The van der Waals surface area contributed by atoms with E-state index in [0.29, 0.717) is 0 Å². The van der Waals surface area contributed by atoms with Crippen molar-refractivity contribution in [2.75, 3.05) is 13.2 Å². The van der Waals surface area contributed by atoms with Crippen molar-refractivity contribution >= 4 is 0 Å². The maximum Gasteiger partial charge on any atom is 0.103 e. The number of rotatable bonds is 2. The van der Waals surface area contributed by atoms with Gasteiger partial charge in [-0.2, -0.15) is 0 Å². The first kappa shape index (κ1) is 12.6. The SMILES string of the molecule is CCC1(C)CCOC(C)(c2ccccc2)CN1. The van der Waals surface area contributed by atoms with Gasteiger partial charge in [-0.25, -0.2) is 0 Å². The summed E-state index contributed by atoms with van der Waals surface area (Å²) < 4.78 is 6.11. The van der Waals surface area contributed by atoms with Gasteiger partial charge in [0.2, 0.25) is 0 Å². The Morgan fingerprint density at radius 3 is 2.59 bits per heavy atom. The molecule has 0 aliphatic carbocycles. The molecule has 1 aromatic rings. The highest BCUT2D eigenvalue weighted by Crippen LogP contribution is 2.30. The summed E-state index contributed by atoms with van der Waals surface area (Å²) in [5.74, 6) is 0. The first-order chi connectivity index (χ1) is 8.08. The maximum atomic E-state index is 6.11. The van der Waals surface area contributed by atoms with Gasteiger partial charge in [0.1, 0.15) is 5.60 Å². The average molecular weight is 233 g/mol. The third kappa shape index (κ3) is 2.70. The highest BCUT2D eigenvalue weighted by molar-refractivity contribution is 5.22. The monoisotopic (exact) mass is 233 g/mol. The van der Waals surface area contributed by atoms with E-state index < -0.39 is 0 Å². The first-order valence-corrected chi connectivity index (χ1v) is 6.52. The van der Waals surface area contributed by atoms with Crippen LogP contribution in [0, 0.1) is 0 Å². The Balaban J connectivity index is 2.18. The Bertz CT molecular complexity index is 364. The number of hydrogen-bond acceptors (Lipinski definition) is 2. The normalized spacial score (nSPS) is 34.3. The van der Waals surface area contributed by atoms with E-state index in [9.17, 15) is 0 Å².